The molecule has 2 rings (SSSR count). The normalized spacial score (nSPS) is 14.5. The Balaban J connectivity index is 2.35. The van der Waals surface area contributed by atoms with Crippen LogP contribution in [0.25, 0.3) is 10.9 Å². The monoisotopic (exact) mass is 288 g/mol. The molecule has 112 valence electrons. The van der Waals surface area contributed by atoms with Gasteiger partial charge < -0.3 is 19.8 Å². The largest absolute Gasteiger partial charge is 0.444 e. The summed E-state index contributed by atoms with van der Waals surface area (Å²) in [5.41, 5.74) is -0.257. The third-order valence-electron chi connectivity index (χ3n) is 3.14. The van der Waals surface area contributed by atoms with Crippen molar-refractivity contribution in [2.75, 3.05) is 0 Å². The Morgan fingerprint density at radius 1 is 1.24 bits per heavy atom. The molecule has 5 nitrogen and oxygen atoms in total. The zero-order valence-electron chi connectivity index (χ0n) is 12.7. The highest BCUT2D eigenvalue weighted by atomic mass is 16.6. The quantitative estimate of drug-likeness (QED) is 0.852. The van der Waals surface area contributed by atoms with Gasteiger partial charge in [0.05, 0.1) is 5.52 Å². The second kappa shape index (κ2) is 5.24. The van der Waals surface area contributed by atoms with E-state index in [-0.39, 0.29) is 0 Å². The second-order valence-electron chi connectivity index (χ2n) is 6.19. The smallest absolute Gasteiger partial charge is 0.408 e. The van der Waals surface area contributed by atoms with Gasteiger partial charge in [0.15, 0.2) is 0 Å². The zero-order valence-corrected chi connectivity index (χ0v) is 12.7. The first-order chi connectivity index (χ1) is 9.75. The van der Waals surface area contributed by atoms with Gasteiger partial charge in [0.25, 0.3) is 0 Å². The average Bonchev–Trinajstić information content (AvgIpc) is 2.83. The van der Waals surface area contributed by atoms with Gasteiger partial charge in [0, 0.05) is 11.8 Å². The molecule has 2 aromatic rings. The van der Waals surface area contributed by atoms with Crippen molar-refractivity contribution < 1.29 is 14.3 Å². The number of aldehydes is 1. The summed E-state index contributed by atoms with van der Waals surface area (Å²) in [5, 5.41) is 3.63. The van der Waals surface area contributed by atoms with E-state index in [2.05, 4.69) is 10.3 Å². The van der Waals surface area contributed by atoms with E-state index in [0.717, 1.165) is 10.9 Å². The van der Waals surface area contributed by atoms with E-state index < -0.39 is 17.2 Å². The highest BCUT2D eigenvalue weighted by Gasteiger charge is 2.32. The van der Waals surface area contributed by atoms with Gasteiger partial charge in [-0.1, -0.05) is 18.2 Å². The molecule has 0 saturated heterocycles. The van der Waals surface area contributed by atoms with Crippen LogP contribution in [0.5, 0.6) is 0 Å². The Kier molecular flexibility index (Phi) is 3.77. The number of fused-ring (bicyclic) bond motifs is 1. The van der Waals surface area contributed by atoms with Crippen molar-refractivity contribution in [1.82, 2.24) is 10.3 Å². The summed E-state index contributed by atoms with van der Waals surface area (Å²) in [6, 6.07) is 7.51. The molecule has 0 aliphatic heterocycles. The fourth-order valence-corrected chi connectivity index (χ4v) is 2.19. The lowest BCUT2D eigenvalue weighted by atomic mass is 9.92. The highest BCUT2D eigenvalue weighted by molar-refractivity contribution is 5.89. The Morgan fingerprint density at radius 2 is 1.95 bits per heavy atom. The third-order valence-corrected chi connectivity index (χ3v) is 3.14. The minimum absolute atomic E-state index is 0.619. The van der Waals surface area contributed by atoms with Crippen molar-refractivity contribution in [1.29, 1.82) is 0 Å². The minimum Gasteiger partial charge on any atom is -0.444 e. The Bertz CT molecular complexity index is 669. The number of hydrogen-bond donors (Lipinski definition) is 2. The number of alkyl carbamates (subject to hydrolysis) is 1. The number of hydrogen-bond acceptors (Lipinski definition) is 3. The fraction of sp³-hybridized carbons (Fsp3) is 0.375. The number of aromatic amines is 1. The van der Waals surface area contributed by atoms with Crippen molar-refractivity contribution >= 4 is 23.3 Å². The van der Waals surface area contributed by atoms with E-state index in [9.17, 15) is 9.59 Å². The molecule has 0 aliphatic rings. The number of amides is 1. The molecular weight excluding hydrogens is 268 g/mol. The summed E-state index contributed by atoms with van der Waals surface area (Å²) in [6.07, 6.45) is 1.89. The Labute approximate surface area is 123 Å². The van der Waals surface area contributed by atoms with Gasteiger partial charge in [-0.3, -0.25) is 0 Å². The van der Waals surface area contributed by atoms with Crippen molar-refractivity contribution in [3.8, 4) is 0 Å². The summed E-state index contributed by atoms with van der Waals surface area (Å²) in [4.78, 5) is 26.7. The maximum atomic E-state index is 12.0. The molecule has 2 N–H and O–H groups in total. The molecule has 0 radical (unpaired) electrons. The first-order valence-corrected chi connectivity index (χ1v) is 6.79. The van der Waals surface area contributed by atoms with Crippen LogP contribution in [0.3, 0.4) is 0 Å². The molecule has 1 atom stereocenters. The van der Waals surface area contributed by atoms with E-state index in [1.807, 2.05) is 24.3 Å². The van der Waals surface area contributed by atoms with Crippen molar-refractivity contribution in [3.05, 3.63) is 36.0 Å². The third kappa shape index (κ3) is 3.24. The van der Waals surface area contributed by atoms with Crippen molar-refractivity contribution in [3.63, 3.8) is 0 Å². The van der Waals surface area contributed by atoms with E-state index in [1.54, 1.807) is 33.9 Å². The molecule has 0 bridgehead atoms. The first-order valence-electron chi connectivity index (χ1n) is 6.79. The molecule has 0 aliphatic carbocycles. The highest BCUT2D eigenvalue weighted by Crippen LogP contribution is 2.27. The van der Waals surface area contributed by atoms with Crippen LogP contribution in [0.15, 0.2) is 30.5 Å². The molecular formula is C16H20N2O3. The van der Waals surface area contributed by atoms with Gasteiger partial charge in [-0.25, -0.2) is 4.79 Å². The van der Waals surface area contributed by atoms with E-state index >= 15 is 0 Å². The molecule has 0 saturated carbocycles. The molecule has 0 spiro atoms. The van der Waals surface area contributed by atoms with Gasteiger partial charge in [0.2, 0.25) is 0 Å². The van der Waals surface area contributed by atoms with Crippen LogP contribution in [0.1, 0.15) is 33.3 Å². The fourth-order valence-electron chi connectivity index (χ4n) is 2.19. The summed E-state index contributed by atoms with van der Waals surface area (Å²) < 4.78 is 5.23. The predicted octanol–water partition coefficient (Wildman–Crippen LogP) is 3.11. The molecule has 1 heterocycles. The van der Waals surface area contributed by atoms with Crippen molar-refractivity contribution in [2.24, 2.45) is 0 Å². The zero-order chi connectivity index (χ0) is 15.7. The number of benzene rings is 1. The summed E-state index contributed by atoms with van der Waals surface area (Å²) >= 11 is 0. The van der Waals surface area contributed by atoms with Crippen LogP contribution in [0, 0.1) is 0 Å². The van der Waals surface area contributed by atoms with Gasteiger partial charge in [-0.2, -0.15) is 0 Å². The van der Waals surface area contributed by atoms with Crippen LogP contribution >= 0.6 is 0 Å². The molecule has 21 heavy (non-hydrogen) atoms. The molecule has 1 amide bonds. The van der Waals surface area contributed by atoms with Crippen LogP contribution in [-0.2, 0) is 15.1 Å². The number of carbonyl (C=O) groups is 2. The number of carbonyl (C=O) groups excluding carboxylic acids is 2. The minimum atomic E-state index is -1.16. The molecule has 1 unspecified atom stereocenters. The number of nitrogens with one attached hydrogen (secondary N) is 2. The van der Waals surface area contributed by atoms with Crippen LogP contribution in [0.2, 0.25) is 0 Å². The average molecular weight is 288 g/mol. The number of H-pyrrole nitrogens is 1. The van der Waals surface area contributed by atoms with Gasteiger partial charge in [-0.15, -0.1) is 0 Å². The maximum Gasteiger partial charge on any atom is 0.408 e. The first kappa shape index (κ1) is 15.1. The SMILES string of the molecule is CC(C)(C)OC(=O)NC(C)(C=O)c1cccc2cc[nH]c12. The standard InChI is InChI=1S/C16H20N2O3/c1-15(2,3)21-14(20)18-16(4,10-19)12-7-5-6-11-8-9-17-13(11)12/h5-10,17H,1-4H3,(H,18,20). The Morgan fingerprint density at radius 3 is 2.57 bits per heavy atom. The summed E-state index contributed by atoms with van der Waals surface area (Å²) in [5.74, 6) is 0. The lowest BCUT2D eigenvalue weighted by molar-refractivity contribution is -0.113. The molecule has 1 aromatic heterocycles. The lowest BCUT2D eigenvalue weighted by Gasteiger charge is -2.28. The maximum absolute atomic E-state index is 12.0. The van der Waals surface area contributed by atoms with E-state index in [1.165, 1.54) is 0 Å². The van der Waals surface area contributed by atoms with Gasteiger partial charge >= 0.3 is 6.09 Å². The van der Waals surface area contributed by atoms with Gasteiger partial charge in [-0.05, 0) is 39.1 Å². The van der Waals surface area contributed by atoms with Crippen LogP contribution in [0.4, 0.5) is 4.79 Å². The number of rotatable bonds is 3. The van der Waals surface area contributed by atoms with Crippen molar-refractivity contribution in [2.45, 2.75) is 38.8 Å². The van der Waals surface area contributed by atoms with Crippen LogP contribution in [-0.4, -0.2) is 23.0 Å². The summed E-state index contributed by atoms with van der Waals surface area (Å²) in [7, 11) is 0. The van der Waals surface area contributed by atoms with Gasteiger partial charge in [0.1, 0.15) is 17.4 Å². The van der Waals surface area contributed by atoms with E-state index in [4.69, 9.17) is 4.74 Å². The Hall–Kier alpha value is -2.30. The number of para-hydroxylation sites is 1. The predicted molar refractivity (Wildman–Crippen MR) is 81.1 cm³/mol. The molecule has 0 fully saturated rings. The number of aromatic nitrogens is 1. The number of ether oxygens (including phenoxy) is 1. The topological polar surface area (TPSA) is 71.2 Å². The summed E-state index contributed by atoms with van der Waals surface area (Å²) in [6.45, 7) is 6.98. The van der Waals surface area contributed by atoms with Crippen LogP contribution < -0.4 is 5.32 Å². The second-order valence-corrected chi connectivity index (χ2v) is 6.19. The molecule has 5 heteroatoms. The lowest BCUT2D eigenvalue weighted by Crippen LogP contribution is -2.47. The van der Waals surface area contributed by atoms with E-state index in [0.29, 0.717) is 11.8 Å². The molecule has 1 aromatic carbocycles.